The van der Waals surface area contributed by atoms with Crippen LogP contribution < -0.4 is 5.32 Å². The normalized spacial score (nSPS) is 15.9. The van der Waals surface area contributed by atoms with E-state index in [1.54, 1.807) is 12.1 Å². The third-order valence-electron chi connectivity index (χ3n) is 4.33. The minimum atomic E-state index is 0.000508. The van der Waals surface area contributed by atoms with Gasteiger partial charge in [0.1, 0.15) is 5.75 Å². The molecule has 0 aliphatic carbocycles. The van der Waals surface area contributed by atoms with Gasteiger partial charge in [-0.1, -0.05) is 57.9 Å². The van der Waals surface area contributed by atoms with Gasteiger partial charge in [0.25, 0.3) is 0 Å². The van der Waals surface area contributed by atoms with Crippen molar-refractivity contribution >= 4 is 38.8 Å². The molecule has 0 saturated carbocycles. The average Bonchev–Trinajstić information content (AvgIpc) is 2.62. The second kappa shape index (κ2) is 6.58. The van der Waals surface area contributed by atoms with E-state index >= 15 is 0 Å². The predicted molar refractivity (Wildman–Crippen MR) is 107 cm³/mol. The van der Waals surface area contributed by atoms with Crippen LogP contribution in [0.3, 0.4) is 0 Å². The summed E-state index contributed by atoms with van der Waals surface area (Å²) in [6.45, 7) is 0. The molecule has 0 radical (unpaired) electrons. The molecule has 3 aromatic rings. The molecule has 1 atom stereocenters. The van der Waals surface area contributed by atoms with Crippen molar-refractivity contribution in [3.8, 4) is 5.75 Å². The van der Waals surface area contributed by atoms with Crippen molar-refractivity contribution in [1.29, 1.82) is 0 Å². The molecular formula is C21H15BrClNO. The van der Waals surface area contributed by atoms with Crippen LogP contribution in [-0.4, -0.2) is 5.11 Å². The summed E-state index contributed by atoms with van der Waals surface area (Å²) in [5, 5.41) is 13.8. The second-order valence-corrected chi connectivity index (χ2v) is 7.29. The highest BCUT2D eigenvalue weighted by atomic mass is 79.9. The number of fused-ring (bicyclic) bond motifs is 1. The fourth-order valence-electron chi connectivity index (χ4n) is 3.11. The van der Waals surface area contributed by atoms with Crippen molar-refractivity contribution in [1.82, 2.24) is 0 Å². The van der Waals surface area contributed by atoms with E-state index in [0.29, 0.717) is 0 Å². The molecule has 0 amide bonds. The molecule has 0 fully saturated rings. The van der Waals surface area contributed by atoms with Gasteiger partial charge in [-0.25, -0.2) is 0 Å². The third-order valence-corrected chi connectivity index (χ3v) is 5.16. The zero-order chi connectivity index (χ0) is 17.4. The Morgan fingerprint density at radius 2 is 1.68 bits per heavy atom. The van der Waals surface area contributed by atoms with E-state index in [4.69, 9.17) is 11.6 Å². The highest BCUT2D eigenvalue weighted by molar-refractivity contribution is 9.10. The molecule has 0 spiro atoms. The first kappa shape index (κ1) is 16.2. The lowest BCUT2D eigenvalue weighted by Gasteiger charge is -2.27. The largest absolute Gasteiger partial charge is 0.508 e. The molecule has 4 heteroatoms. The molecule has 1 aliphatic rings. The van der Waals surface area contributed by atoms with E-state index in [2.05, 4.69) is 39.5 Å². The Morgan fingerprint density at radius 1 is 0.920 bits per heavy atom. The highest BCUT2D eigenvalue weighted by Gasteiger charge is 2.22. The number of hydrogen-bond acceptors (Lipinski definition) is 2. The van der Waals surface area contributed by atoms with Gasteiger partial charge < -0.3 is 10.4 Å². The van der Waals surface area contributed by atoms with Crippen molar-refractivity contribution in [3.05, 3.63) is 99.0 Å². The van der Waals surface area contributed by atoms with E-state index in [-0.39, 0.29) is 11.8 Å². The Kier molecular flexibility index (Phi) is 4.28. The number of aromatic hydroxyl groups is 1. The summed E-state index contributed by atoms with van der Waals surface area (Å²) < 4.78 is 1.02. The van der Waals surface area contributed by atoms with Crippen molar-refractivity contribution in [2.75, 3.05) is 5.32 Å². The smallest absolute Gasteiger partial charge is 0.115 e. The lowest BCUT2D eigenvalue weighted by atomic mass is 9.89. The monoisotopic (exact) mass is 411 g/mol. The van der Waals surface area contributed by atoms with Crippen molar-refractivity contribution < 1.29 is 5.11 Å². The SMILES string of the molecule is Oc1ccc(C2C=C(c3ccccc3Cl)c3cc(Br)ccc3N2)cc1. The highest BCUT2D eigenvalue weighted by Crippen LogP contribution is 2.41. The van der Waals surface area contributed by atoms with Crippen molar-refractivity contribution in [2.45, 2.75) is 6.04 Å². The molecule has 4 rings (SSSR count). The average molecular weight is 413 g/mol. The predicted octanol–water partition coefficient (Wildman–Crippen LogP) is 6.41. The summed E-state index contributed by atoms with van der Waals surface area (Å²) in [5.41, 5.74) is 5.35. The van der Waals surface area contributed by atoms with Gasteiger partial charge in [0.2, 0.25) is 0 Å². The Labute approximate surface area is 159 Å². The van der Waals surface area contributed by atoms with Gasteiger partial charge in [0.15, 0.2) is 0 Å². The molecule has 0 saturated heterocycles. The molecule has 0 aromatic heterocycles. The Morgan fingerprint density at radius 3 is 2.44 bits per heavy atom. The molecule has 2 nitrogen and oxygen atoms in total. The van der Waals surface area contributed by atoms with Crippen LogP contribution >= 0.6 is 27.5 Å². The van der Waals surface area contributed by atoms with E-state index < -0.39 is 0 Å². The summed E-state index contributed by atoms with van der Waals surface area (Å²) in [6.07, 6.45) is 2.18. The van der Waals surface area contributed by atoms with Gasteiger partial charge in [-0.05, 0) is 53.6 Å². The molecule has 25 heavy (non-hydrogen) atoms. The summed E-state index contributed by atoms with van der Waals surface area (Å²) in [5.74, 6) is 0.263. The zero-order valence-electron chi connectivity index (χ0n) is 13.2. The molecule has 1 unspecified atom stereocenters. The van der Waals surface area contributed by atoms with Crippen LogP contribution in [0.25, 0.3) is 5.57 Å². The van der Waals surface area contributed by atoms with Crippen LogP contribution in [0, 0.1) is 0 Å². The van der Waals surface area contributed by atoms with Crippen LogP contribution in [0.2, 0.25) is 5.02 Å². The van der Waals surface area contributed by atoms with Gasteiger partial charge in [0, 0.05) is 26.3 Å². The van der Waals surface area contributed by atoms with Crippen LogP contribution in [0.4, 0.5) is 5.69 Å². The van der Waals surface area contributed by atoms with Crippen LogP contribution in [0.5, 0.6) is 5.75 Å². The standard InChI is InChI=1S/C21H15BrClNO/c22-14-7-10-20-18(11-14)17(16-3-1-2-4-19(16)23)12-21(24-20)13-5-8-15(25)9-6-13/h1-12,21,24-25H. The molecule has 124 valence electrons. The van der Waals surface area contributed by atoms with Gasteiger partial charge >= 0.3 is 0 Å². The van der Waals surface area contributed by atoms with E-state index in [9.17, 15) is 5.11 Å². The summed E-state index contributed by atoms with van der Waals surface area (Å²) in [7, 11) is 0. The second-order valence-electron chi connectivity index (χ2n) is 5.96. The molecule has 1 aliphatic heterocycles. The molecule has 2 N–H and O–H groups in total. The molecule has 0 bridgehead atoms. The fourth-order valence-corrected chi connectivity index (χ4v) is 3.71. The van der Waals surface area contributed by atoms with Gasteiger partial charge in [-0.15, -0.1) is 0 Å². The van der Waals surface area contributed by atoms with Gasteiger partial charge in [-0.3, -0.25) is 0 Å². The topological polar surface area (TPSA) is 32.3 Å². The number of anilines is 1. The Balaban J connectivity index is 1.88. The minimum Gasteiger partial charge on any atom is -0.508 e. The number of halogens is 2. The number of nitrogens with one attached hydrogen (secondary N) is 1. The van der Waals surface area contributed by atoms with Crippen LogP contribution in [-0.2, 0) is 0 Å². The molecule has 3 aromatic carbocycles. The Bertz CT molecular complexity index is 966. The molecular weight excluding hydrogens is 398 g/mol. The Hall–Kier alpha value is -2.23. The van der Waals surface area contributed by atoms with Crippen molar-refractivity contribution in [2.24, 2.45) is 0 Å². The summed E-state index contributed by atoms with van der Waals surface area (Å²) >= 11 is 10.0. The lowest BCUT2D eigenvalue weighted by Crippen LogP contribution is -2.15. The maximum absolute atomic E-state index is 9.55. The van der Waals surface area contributed by atoms with E-state index in [0.717, 1.165) is 37.4 Å². The van der Waals surface area contributed by atoms with Gasteiger partial charge in [0.05, 0.1) is 6.04 Å². The maximum atomic E-state index is 9.55. The first-order valence-corrected chi connectivity index (χ1v) is 9.11. The van der Waals surface area contributed by atoms with Crippen molar-refractivity contribution in [3.63, 3.8) is 0 Å². The first-order chi connectivity index (χ1) is 12.1. The quantitative estimate of drug-likeness (QED) is 0.510. The first-order valence-electron chi connectivity index (χ1n) is 7.94. The van der Waals surface area contributed by atoms with E-state index in [1.807, 2.05) is 42.5 Å². The number of phenols is 1. The van der Waals surface area contributed by atoms with E-state index in [1.165, 1.54) is 0 Å². The van der Waals surface area contributed by atoms with Crippen LogP contribution in [0.15, 0.2) is 77.3 Å². The fraction of sp³-hybridized carbons (Fsp3) is 0.0476. The number of hydrogen-bond donors (Lipinski definition) is 2. The zero-order valence-corrected chi connectivity index (χ0v) is 15.6. The summed E-state index contributed by atoms with van der Waals surface area (Å²) in [6, 6.07) is 21.3. The number of rotatable bonds is 2. The van der Waals surface area contributed by atoms with Crippen LogP contribution in [0.1, 0.15) is 22.7 Å². The minimum absolute atomic E-state index is 0.000508. The molecule has 1 heterocycles. The van der Waals surface area contributed by atoms with Gasteiger partial charge in [-0.2, -0.15) is 0 Å². The number of phenolic OH excluding ortho intramolecular Hbond substituents is 1. The maximum Gasteiger partial charge on any atom is 0.115 e. The third kappa shape index (κ3) is 3.17. The lowest BCUT2D eigenvalue weighted by molar-refractivity contribution is 0.475. The summed E-state index contributed by atoms with van der Waals surface area (Å²) in [4.78, 5) is 0. The number of benzene rings is 3.